The number of carbonyl (C=O) groups excluding carboxylic acids is 1. The molecule has 6 nitrogen and oxygen atoms in total. The second-order valence-corrected chi connectivity index (χ2v) is 9.64. The SMILES string of the molecule is COc1ccccc1-c1nc(C)c(-c2ccc(SCC(=O)Nc3ccc(Br)cc3)nn2)s1. The van der Waals surface area contributed by atoms with Crippen LogP contribution in [-0.2, 0) is 4.79 Å². The van der Waals surface area contributed by atoms with Gasteiger partial charge in [0.1, 0.15) is 21.5 Å². The Labute approximate surface area is 202 Å². The van der Waals surface area contributed by atoms with Crippen LogP contribution in [-0.4, -0.2) is 34.0 Å². The number of halogens is 1. The molecule has 0 atom stereocenters. The summed E-state index contributed by atoms with van der Waals surface area (Å²) in [6.45, 7) is 1.96. The minimum Gasteiger partial charge on any atom is -0.496 e. The summed E-state index contributed by atoms with van der Waals surface area (Å²) in [5.41, 5.74) is 3.35. The van der Waals surface area contributed by atoms with Crippen LogP contribution in [0.25, 0.3) is 21.1 Å². The molecule has 9 heteroatoms. The number of thioether (sulfide) groups is 1. The number of para-hydroxylation sites is 1. The lowest BCUT2D eigenvalue weighted by Crippen LogP contribution is -2.14. The Balaban J connectivity index is 1.42. The summed E-state index contributed by atoms with van der Waals surface area (Å²) in [5.74, 6) is 0.941. The standard InChI is InChI=1S/C23H19BrN4O2S2/c1-14-22(32-23(25-14)17-5-3-4-6-19(17)30-2)18-11-12-21(28-27-18)31-13-20(29)26-16-9-7-15(24)8-10-16/h3-12H,13H2,1-2H3,(H,26,29). The van der Waals surface area contributed by atoms with Crippen molar-refractivity contribution in [3.8, 4) is 26.9 Å². The maximum atomic E-state index is 12.2. The van der Waals surface area contributed by atoms with Crippen LogP contribution < -0.4 is 10.1 Å². The van der Waals surface area contributed by atoms with Gasteiger partial charge < -0.3 is 10.1 Å². The van der Waals surface area contributed by atoms with Crippen LogP contribution in [0, 0.1) is 6.92 Å². The van der Waals surface area contributed by atoms with E-state index >= 15 is 0 Å². The molecular formula is C23H19BrN4O2S2. The van der Waals surface area contributed by atoms with Gasteiger partial charge in [0.15, 0.2) is 0 Å². The number of methoxy groups -OCH3 is 1. The van der Waals surface area contributed by atoms with Crippen molar-refractivity contribution in [3.63, 3.8) is 0 Å². The van der Waals surface area contributed by atoms with Crippen LogP contribution in [0.15, 0.2) is 70.2 Å². The third kappa shape index (κ3) is 5.35. The number of carbonyl (C=O) groups is 1. The first-order valence-corrected chi connectivity index (χ1v) is 12.3. The van der Waals surface area contributed by atoms with Crippen LogP contribution in [0.4, 0.5) is 5.69 Å². The number of hydrogen-bond acceptors (Lipinski definition) is 7. The number of nitrogens with one attached hydrogen (secondary N) is 1. The molecule has 0 saturated heterocycles. The maximum Gasteiger partial charge on any atom is 0.234 e. The molecule has 0 unspecified atom stereocenters. The van der Waals surface area contributed by atoms with Crippen LogP contribution in [0.2, 0.25) is 0 Å². The number of aromatic nitrogens is 3. The molecule has 4 aromatic rings. The van der Waals surface area contributed by atoms with Crippen molar-refractivity contribution < 1.29 is 9.53 Å². The molecule has 0 radical (unpaired) electrons. The zero-order chi connectivity index (χ0) is 22.5. The number of thiazole rings is 1. The monoisotopic (exact) mass is 526 g/mol. The Morgan fingerprint density at radius 1 is 1.09 bits per heavy atom. The minimum atomic E-state index is -0.0945. The van der Waals surface area contributed by atoms with Gasteiger partial charge in [-0.25, -0.2) is 4.98 Å². The topological polar surface area (TPSA) is 77.0 Å². The molecule has 1 amide bonds. The van der Waals surface area contributed by atoms with E-state index in [4.69, 9.17) is 9.72 Å². The largest absolute Gasteiger partial charge is 0.496 e. The average Bonchev–Trinajstić information content (AvgIpc) is 3.21. The van der Waals surface area contributed by atoms with Crippen molar-refractivity contribution in [2.75, 3.05) is 18.2 Å². The summed E-state index contributed by atoms with van der Waals surface area (Å²) in [6, 6.07) is 19.1. The number of aryl methyl sites for hydroxylation is 1. The molecule has 0 fully saturated rings. The summed E-state index contributed by atoms with van der Waals surface area (Å²) < 4.78 is 6.42. The van der Waals surface area contributed by atoms with Gasteiger partial charge in [0.05, 0.1) is 29.0 Å². The van der Waals surface area contributed by atoms with E-state index in [2.05, 4.69) is 31.4 Å². The average molecular weight is 527 g/mol. The molecule has 2 aromatic carbocycles. The highest BCUT2D eigenvalue weighted by molar-refractivity contribution is 9.10. The highest BCUT2D eigenvalue weighted by Crippen LogP contribution is 2.38. The molecular weight excluding hydrogens is 508 g/mol. The summed E-state index contributed by atoms with van der Waals surface area (Å²) >= 11 is 6.27. The van der Waals surface area contributed by atoms with Gasteiger partial charge >= 0.3 is 0 Å². The molecule has 162 valence electrons. The highest BCUT2D eigenvalue weighted by Gasteiger charge is 2.16. The molecule has 0 bridgehead atoms. The van der Waals surface area contributed by atoms with Crippen molar-refractivity contribution in [1.29, 1.82) is 0 Å². The Morgan fingerprint density at radius 3 is 2.59 bits per heavy atom. The number of nitrogens with zero attached hydrogens (tertiary/aromatic N) is 3. The smallest absolute Gasteiger partial charge is 0.234 e. The van der Waals surface area contributed by atoms with Crippen LogP contribution in [0.3, 0.4) is 0 Å². The summed E-state index contributed by atoms with van der Waals surface area (Å²) in [6.07, 6.45) is 0. The van der Waals surface area contributed by atoms with Crippen molar-refractivity contribution in [2.24, 2.45) is 0 Å². The molecule has 1 N–H and O–H groups in total. The fraction of sp³-hybridized carbons (Fsp3) is 0.130. The molecule has 0 aliphatic carbocycles. The zero-order valence-electron chi connectivity index (χ0n) is 17.3. The second-order valence-electron chi connectivity index (χ2n) is 6.73. The fourth-order valence-electron chi connectivity index (χ4n) is 2.96. The number of ether oxygens (including phenoxy) is 1. The predicted octanol–water partition coefficient (Wildman–Crippen LogP) is 6.08. The third-order valence-electron chi connectivity index (χ3n) is 4.49. The number of hydrogen-bond donors (Lipinski definition) is 1. The van der Waals surface area contributed by atoms with Gasteiger partial charge in [0.25, 0.3) is 0 Å². The molecule has 0 aliphatic heterocycles. The van der Waals surface area contributed by atoms with E-state index < -0.39 is 0 Å². The van der Waals surface area contributed by atoms with Gasteiger partial charge in [-0.15, -0.1) is 21.5 Å². The first-order chi connectivity index (χ1) is 15.5. The quantitative estimate of drug-likeness (QED) is 0.294. The van der Waals surface area contributed by atoms with Crippen LogP contribution in [0.5, 0.6) is 5.75 Å². The van der Waals surface area contributed by atoms with Crippen molar-refractivity contribution in [1.82, 2.24) is 15.2 Å². The van der Waals surface area contributed by atoms with Crippen molar-refractivity contribution in [2.45, 2.75) is 11.9 Å². The van der Waals surface area contributed by atoms with E-state index in [9.17, 15) is 4.79 Å². The Morgan fingerprint density at radius 2 is 1.88 bits per heavy atom. The summed E-state index contributed by atoms with van der Waals surface area (Å²) in [5, 5.41) is 13.1. The minimum absolute atomic E-state index is 0.0945. The number of anilines is 1. The zero-order valence-corrected chi connectivity index (χ0v) is 20.6. The van der Waals surface area contributed by atoms with Gasteiger partial charge in [0.2, 0.25) is 5.91 Å². The second kappa shape index (κ2) is 10.2. The van der Waals surface area contributed by atoms with Crippen molar-refractivity contribution >= 4 is 50.6 Å². The van der Waals surface area contributed by atoms with Gasteiger partial charge in [-0.05, 0) is 55.5 Å². The van der Waals surface area contributed by atoms with E-state index in [1.807, 2.05) is 67.6 Å². The third-order valence-corrected chi connectivity index (χ3v) is 7.15. The Hall–Kier alpha value is -2.75. The fourth-order valence-corrected chi connectivity index (χ4v) is 4.90. The van der Waals surface area contributed by atoms with E-state index in [-0.39, 0.29) is 11.7 Å². The molecule has 0 saturated carbocycles. The number of benzene rings is 2. The first-order valence-electron chi connectivity index (χ1n) is 9.66. The Kier molecular flexibility index (Phi) is 7.19. The predicted molar refractivity (Wildman–Crippen MR) is 133 cm³/mol. The lowest BCUT2D eigenvalue weighted by molar-refractivity contribution is -0.113. The lowest BCUT2D eigenvalue weighted by atomic mass is 10.2. The van der Waals surface area contributed by atoms with E-state index in [0.717, 1.165) is 42.7 Å². The molecule has 0 spiro atoms. The molecule has 32 heavy (non-hydrogen) atoms. The summed E-state index contributed by atoms with van der Waals surface area (Å²) in [7, 11) is 1.65. The van der Waals surface area contributed by atoms with E-state index in [1.165, 1.54) is 11.8 Å². The van der Waals surface area contributed by atoms with E-state index in [0.29, 0.717) is 5.03 Å². The number of amides is 1. The highest BCUT2D eigenvalue weighted by atomic mass is 79.9. The van der Waals surface area contributed by atoms with Crippen LogP contribution >= 0.6 is 39.0 Å². The van der Waals surface area contributed by atoms with Gasteiger partial charge in [-0.3, -0.25) is 4.79 Å². The number of rotatable bonds is 7. The van der Waals surface area contributed by atoms with Gasteiger partial charge in [-0.2, -0.15) is 0 Å². The van der Waals surface area contributed by atoms with E-state index in [1.54, 1.807) is 18.4 Å². The van der Waals surface area contributed by atoms with Gasteiger partial charge in [-0.1, -0.05) is 39.8 Å². The van der Waals surface area contributed by atoms with Gasteiger partial charge in [0, 0.05) is 10.2 Å². The molecule has 0 aliphatic rings. The molecule has 2 aromatic heterocycles. The molecule has 4 rings (SSSR count). The first kappa shape index (κ1) is 22.4. The normalized spacial score (nSPS) is 10.7. The molecule has 2 heterocycles. The Bertz CT molecular complexity index is 1230. The summed E-state index contributed by atoms with van der Waals surface area (Å²) in [4.78, 5) is 17.8. The van der Waals surface area contributed by atoms with Crippen molar-refractivity contribution in [3.05, 3.63) is 70.8 Å². The maximum absolute atomic E-state index is 12.2. The lowest BCUT2D eigenvalue weighted by Gasteiger charge is -2.05. The van der Waals surface area contributed by atoms with Crippen LogP contribution in [0.1, 0.15) is 5.69 Å².